The van der Waals surface area contributed by atoms with Gasteiger partial charge in [0.15, 0.2) is 23.0 Å². The van der Waals surface area contributed by atoms with Crippen LogP contribution in [0.25, 0.3) is 11.0 Å². The Morgan fingerprint density at radius 1 is 1.21 bits per heavy atom. The van der Waals surface area contributed by atoms with E-state index in [4.69, 9.17) is 4.74 Å². The van der Waals surface area contributed by atoms with Crippen molar-refractivity contribution in [3.05, 3.63) is 64.0 Å². The number of rotatable bonds is 7. The number of nitro benzene ring substituents is 1. The Morgan fingerprint density at radius 3 is 2.55 bits per heavy atom. The summed E-state index contributed by atoms with van der Waals surface area (Å²) in [5.41, 5.74) is 0.0104. The molecule has 154 valence electrons. The summed E-state index contributed by atoms with van der Waals surface area (Å²) in [5.74, 6) is -1.13. The zero-order chi connectivity index (χ0) is 21.3. The second-order valence-corrected chi connectivity index (χ2v) is 7.51. The molecule has 0 amide bonds. The van der Waals surface area contributed by atoms with Crippen molar-refractivity contribution in [3.8, 4) is 5.75 Å². The van der Waals surface area contributed by atoms with Crippen molar-refractivity contribution in [2.45, 2.75) is 26.0 Å². The van der Waals surface area contributed by atoms with Gasteiger partial charge in [-0.3, -0.25) is 10.1 Å². The Balaban J connectivity index is 2.09. The van der Waals surface area contributed by atoms with Gasteiger partial charge in [0.1, 0.15) is 5.82 Å². The van der Waals surface area contributed by atoms with Crippen molar-refractivity contribution >= 4 is 16.7 Å². The molecule has 0 aliphatic heterocycles. The van der Waals surface area contributed by atoms with Crippen LogP contribution in [0.2, 0.25) is 0 Å². The summed E-state index contributed by atoms with van der Waals surface area (Å²) in [4.78, 5) is 17.2. The summed E-state index contributed by atoms with van der Waals surface area (Å²) in [6.07, 6.45) is 0. The molecule has 2 aromatic carbocycles. The Kier molecular flexibility index (Phi) is 5.52. The van der Waals surface area contributed by atoms with Crippen molar-refractivity contribution in [1.82, 2.24) is 14.5 Å². The van der Waals surface area contributed by atoms with E-state index in [1.165, 1.54) is 18.2 Å². The number of benzene rings is 2. The molecule has 0 bridgehead atoms. The summed E-state index contributed by atoms with van der Waals surface area (Å²) in [7, 11) is 3.86. The van der Waals surface area contributed by atoms with Gasteiger partial charge < -0.3 is 14.2 Å². The predicted octanol–water partition coefficient (Wildman–Crippen LogP) is 4.10. The Hall–Kier alpha value is -3.07. The molecule has 0 atom stereocenters. The largest absolute Gasteiger partial charge is 0.477 e. The third kappa shape index (κ3) is 4.34. The van der Waals surface area contributed by atoms with Gasteiger partial charge in [-0.1, -0.05) is 0 Å². The minimum atomic E-state index is -1.08. The Morgan fingerprint density at radius 2 is 1.93 bits per heavy atom. The van der Waals surface area contributed by atoms with E-state index in [0.717, 1.165) is 12.1 Å². The van der Waals surface area contributed by atoms with Crippen LogP contribution in [-0.4, -0.2) is 40.0 Å². The van der Waals surface area contributed by atoms with Crippen molar-refractivity contribution in [2.75, 3.05) is 20.6 Å². The summed E-state index contributed by atoms with van der Waals surface area (Å²) in [6.45, 7) is 4.68. The maximum Gasteiger partial charge on any atom is 0.271 e. The van der Waals surface area contributed by atoms with E-state index in [1.807, 2.05) is 23.6 Å². The van der Waals surface area contributed by atoms with E-state index in [2.05, 4.69) is 4.98 Å². The number of aromatic nitrogens is 2. The van der Waals surface area contributed by atoms with E-state index in [1.54, 1.807) is 19.9 Å². The number of hydrogen-bond acceptors (Lipinski definition) is 5. The highest BCUT2D eigenvalue weighted by Gasteiger charge is 2.31. The molecule has 1 aromatic heterocycles. The van der Waals surface area contributed by atoms with Gasteiger partial charge in [0, 0.05) is 31.3 Å². The monoisotopic (exact) mass is 404 g/mol. The first kappa shape index (κ1) is 20.7. The SMILES string of the molecule is CN(C)CCn1c(C(C)(C)Oc2ccc(F)cc2F)nc2cc([N+](=O)[O-])ccc21. The number of nitro groups is 1. The number of halogens is 2. The lowest BCUT2D eigenvalue weighted by Crippen LogP contribution is -2.31. The number of nitrogens with zero attached hydrogens (tertiary/aromatic N) is 4. The number of ether oxygens (including phenoxy) is 1. The van der Waals surface area contributed by atoms with Crippen LogP contribution in [0.4, 0.5) is 14.5 Å². The second-order valence-electron chi connectivity index (χ2n) is 7.51. The molecule has 1 heterocycles. The molecule has 0 aliphatic carbocycles. The van der Waals surface area contributed by atoms with Gasteiger partial charge in [0.2, 0.25) is 0 Å². The molecular formula is C20H22F2N4O3. The van der Waals surface area contributed by atoms with Crippen LogP contribution < -0.4 is 4.74 Å². The molecule has 7 nitrogen and oxygen atoms in total. The fraction of sp³-hybridized carbons (Fsp3) is 0.350. The first-order valence-electron chi connectivity index (χ1n) is 9.02. The fourth-order valence-corrected chi connectivity index (χ4v) is 3.10. The Bertz CT molecular complexity index is 1060. The molecule has 0 N–H and O–H groups in total. The lowest BCUT2D eigenvalue weighted by atomic mass is 10.1. The molecule has 0 unspecified atom stereocenters. The number of likely N-dealkylation sites (N-methyl/N-ethyl adjacent to an activating group) is 1. The third-order valence-electron chi connectivity index (χ3n) is 4.51. The van der Waals surface area contributed by atoms with Crippen molar-refractivity contribution in [1.29, 1.82) is 0 Å². The van der Waals surface area contributed by atoms with Gasteiger partial charge in [-0.25, -0.2) is 13.8 Å². The summed E-state index contributed by atoms with van der Waals surface area (Å²) >= 11 is 0. The minimum absolute atomic E-state index is 0.0652. The first-order chi connectivity index (χ1) is 13.6. The molecule has 0 spiro atoms. The van der Waals surface area contributed by atoms with Crippen molar-refractivity contribution in [2.24, 2.45) is 0 Å². The minimum Gasteiger partial charge on any atom is -0.477 e. The molecule has 9 heteroatoms. The van der Waals surface area contributed by atoms with Crippen molar-refractivity contribution < 1.29 is 18.4 Å². The molecule has 0 saturated heterocycles. The van der Waals surface area contributed by atoms with E-state index in [-0.39, 0.29) is 11.4 Å². The predicted molar refractivity (Wildman–Crippen MR) is 105 cm³/mol. The van der Waals surface area contributed by atoms with Gasteiger partial charge in [0.05, 0.1) is 16.0 Å². The summed E-state index contributed by atoms with van der Waals surface area (Å²) in [6, 6.07) is 7.57. The maximum absolute atomic E-state index is 14.1. The van der Waals surface area contributed by atoms with E-state index >= 15 is 0 Å². The van der Waals surface area contributed by atoms with Crippen molar-refractivity contribution in [3.63, 3.8) is 0 Å². The fourth-order valence-electron chi connectivity index (χ4n) is 3.10. The van der Waals surface area contributed by atoms with E-state index < -0.39 is 22.2 Å². The van der Waals surface area contributed by atoms with Crippen LogP contribution in [0, 0.1) is 21.7 Å². The number of imidazole rings is 1. The van der Waals surface area contributed by atoms with Crippen LogP contribution in [0.1, 0.15) is 19.7 Å². The molecule has 0 saturated carbocycles. The average Bonchev–Trinajstić information content (AvgIpc) is 3.01. The normalized spacial score (nSPS) is 12.0. The van der Waals surface area contributed by atoms with Gasteiger partial charge in [-0.15, -0.1) is 0 Å². The lowest BCUT2D eigenvalue weighted by molar-refractivity contribution is -0.384. The highest BCUT2D eigenvalue weighted by molar-refractivity contribution is 5.79. The number of fused-ring (bicyclic) bond motifs is 1. The number of hydrogen-bond donors (Lipinski definition) is 0. The molecule has 3 rings (SSSR count). The second kappa shape index (κ2) is 7.75. The quantitative estimate of drug-likeness (QED) is 0.438. The van der Waals surface area contributed by atoms with Gasteiger partial charge in [-0.05, 0) is 46.1 Å². The Labute approximate surface area is 166 Å². The van der Waals surface area contributed by atoms with E-state index in [0.29, 0.717) is 29.9 Å². The van der Waals surface area contributed by atoms with Crippen LogP contribution in [0.3, 0.4) is 0 Å². The van der Waals surface area contributed by atoms with E-state index in [9.17, 15) is 18.9 Å². The first-order valence-corrected chi connectivity index (χ1v) is 9.02. The average molecular weight is 404 g/mol. The lowest BCUT2D eigenvalue weighted by Gasteiger charge is -2.27. The van der Waals surface area contributed by atoms with Crippen LogP contribution >= 0.6 is 0 Å². The summed E-state index contributed by atoms with van der Waals surface area (Å²) < 4.78 is 35.1. The molecule has 0 fully saturated rings. The van der Waals surface area contributed by atoms with Gasteiger partial charge >= 0.3 is 0 Å². The summed E-state index contributed by atoms with van der Waals surface area (Å²) in [5, 5.41) is 11.1. The zero-order valence-electron chi connectivity index (χ0n) is 16.6. The zero-order valence-corrected chi connectivity index (χ0v) is 16.6. The molecule has 0 aliphatic rings. The standard InChI is InChI=1S/C20H22F2N4O3/c1-20(2,29-18-8-5-13(21)11-15(18)22)19-23-16-12-14(26(27)28)6-7-17(16)25(19)10-9-24(3)4/h5-8,11-12H,9-10H2,1-4H3. The van der Waals surface area contributed by atoms with Gasteiger partial charge in [-0.2, -0.15) is 0 Å². The smallest absolute Gasteiger partial charge is 0.271 e. The third-order valence-corrected chi connectivity index (χ3v) is 4.51. The molecule has 3 aromatic rings. The van der Waals surface area contributed by atoms with Crippen LogP contribution in [0.15, 0.2) is 36.4 Å². The van der Waals surface area contributed by atoms with Crippen LogP contribution in [-0.2, 0) is 12.1 Å². The van der Waals surface area contributed by atoms with Crippen LogP contribution in [0.5, 0.6) is 5.75 Å². The highest BCUT2D eigenvalue weighted by atomic mass is 19.1. The number of non-ortho nitro benzene ring substituents is 1. The maximum atomic E-state index is 14.1. The highest BCUT2D eigenvalue weighted by Crippen LogP contribution is 2.32. The molecular weight excluding hydrogens is 382 g/mol. The topological polar surface area (TPSA) is 73.4 Å². The molecule has 0 radical (unpaired) electrons. The molecule has 29 heavy (non-hydrogen) atoms. The van der Waals surface area contributed by atoms with Gasteiger partial charge in [0.25, 0.3) is 5.69 Å².